The fourth-order valence-electron chi connectivity index (χ4n) is 4.33. The summed E-state index contributed by atoms with van der Waals surface area (Å²) in [6, 6.07) is 15.7. The van der Waals surface area contributed by atoms with Crippen LogP contribution in [0.15, 0.2) is 60.9 Å². The van der Waals surface area contributed by atoms with Crippen LogP contribution >= 0.6 is 0 Å². The Hall–Kier alpha value is -3.78. The quantitative estimate of drug-likeness (QED) is 0.510. The van der Waals surface area contributed by atoms with E-state index in [1.807, 2.05) is 71.0 Å². The van der Waals surface area contributed by atoms with Crippen LogP contribution in [-0.4, -0.2) is 68.3 Å². The van der Waals surface area contributed by atoms with Crippen molar-refractivity contribution in [2.75, 3.05) is 32.5 Å². The minimum Gasteiger partial charge on any atom is -0.337 e. The van der Waals surface area contributed by atoms with E-state index in [1.165, 1.54) is 0 Å². The number of hydrogen-bond acceptors (Lipinski definition) is 6. The predicted molar refractivity (Wildman–Crippen MR) is 129 cm³/mol. The fraction of sp³-hybridized carbons (Fsp3) is 0.280. The molecule has 1 fully saturated rings. The number of pyridine rings is 1. The average molecular weight is 442 g/mol. The average Bonchev–Trinajstić information content (AvgIpc) is 3.44. The van der Waals surface area contributed by atoms with Crippen LogP contribution in [0.2, 0.25) is 0 Å². The van der Waals surface area contributed by atoms with E-state index >= 15 is 0 Å². The highest BCUT2D eigenvalue weighted by Gasteiger charge is 2.28. The van der Waals surface area contributed by atoms with Crippen molar-refractivity contribution in [1.82, 2.24) is 29.2 Å². The fourth-order valence-corrected chi connectivity index (χ4v) is 4.33. The van der Waals surface area contributed by atoms with E-state index in [0.29, 0.717) is 17.6 Å². The minimum atomic E-state index is 0.0761. The minimum absolute atomic E-state index is 0.0761. The molecule has 3 aromatic heterocycles. The number of amides is 1. The molecule has 33 heavy (non-hydrogen) atoms. The zero-order valence-electron chi connectivity index (χ0n) is 19.1. The van der Waals surface area contributed by atoms with E-state index in [0.717, 1.165) is 47.9 Å². The Morgan fingerprint density at radius 2 is 1.91 bits per heavy atom. The number of benzene rings is 1. The summed E-state index contributed by atoms with van der Waals surface area (Å²) < 4.78 is 2.03. The van der Waals surface area contributed by atoms with Crippen molar-refractivity contribution in [2.45, 2.75) is 19.4 Å². The lowest BCUT2D eigenvalue weighted by Crippen LogP contribution is -2.34. The molecule has 0 radical (unpaired) electrons. The summed E-state index contributed by atoms with van der Waals surface area (Å²) in [6.45, 7) is 3.55. The molecular weight excluding hydrogens is 414 g/mol. The first kappa shape index (κ1) is 21.1. The largest absolute Gasteiger partial charge is 0.337 e. The molecule has 1 N–H and O–H groups in total. The second-order valence-electron chi connectivity index (χ2n) is 8.60. The number of imidazole rings is 1. The summed E-state index contributed by atoms with van der Waals surface area (Å²) in [6.07, 6.45) is 4.73. The third-order valence-electron chi connectivity index (χ3n) is 6.17. The first-order valence-electron chi connectivity index (χ1n) is 11.1. The molecule has 0 bridgehead atoms. The zero-order chi connectivity index (χ0) is 22.9. The summed E-state index contributed by atoms with van der Waals surface area (Å²) in [5, 5.41) is 3.25. The van der Waals surface area contributed by atoms with Crippen molar-refractivity contribution in [2.24, 2.45) is 0 Å². The van der Waals surface area contributed by atoms with E-state index in [1.54, 1.807) is 6.20 Å². The van der Waals surface area contributed by atoms with Crippen LogP contribution in [0.5, 0.6) is 0 Å². The molecule has 1 aliphatic rings. The van der Waals surface area contributed by atoms with E-state index in [4.69, 9.17) is 4.98 Å². The molecule has 4 aromatic rings. The summed E-state index contributed by atoms with van der Waals surface area (Å²) in [5.74, 6) is 0.567. The van der Waals surface area contributed by atoms with Crippen molar-refractivity contribution >= 4 is 23.2 Å². The number of rotatable bonds is 5. The number of nitrogens with one attached hydrogen (secondary N) is 1. The molecule has 1 saturated heterocycles. The van der Waals surface area contributed by atoms with E-state index in [-0.39, 0.29) is 5.91 Å². The van der Waals surface area contributed by atoms with Gasteiger partial charge in [-0.05, 0) is 69.9 Å². The van der Waals surface area contributed by atoms with Gasteiger partial charge in [0.15, 0.2) is 0 Å². The Morgan fingerprint density at radius 1 is 1.09 bits per heavy atom. The number of anilines is 2. The van der Waals surface area contributed by atoms with Crippen LogP contribution < -0.4 is 5.32 Å². The van der Waals surface area contributed by atoms with E-state index < -0.39 is 0 Å². The maximum atomic E-state index is 12.9. The van der Waals surface area contributed by atoms with Crippen LogP contribution in [-0.2, 0) is 0 Å². The maximum absolute atomic E-state index is 12.9. The highest BCUT2D eigenvalue weighted by atomic mass is 16.2. The van der Waals surface area contributed by atoms with Gasteiger partial charge in [0.25, 0.3) is 5.91 Å². The molecule has 8 heteroatoms. The lowest BCUT2D eigenvalue weighted by atomic mass is 10.2. The standard InChI is InChI=1S/C25H27N7O/c1-17-23(32-14-5-4-6-22(32)27-17)21-11-13-26-25(29-21)28-19-9-7-18(8-10-19)24(33)31-15-12-20(16-31)30(2)3/h4-11,13-14,20H,12,15-16H2,1-3H3,(H,26,28,29)/t20-/m0/s1. The maximum Gasteiger partial charge on any atom is 0.253 e. The van der Waals surface area contributed by atoms with Gasteiger partial charge in [0.1, 0.15) is 5.65 Å². The van der Waals surface area contributed by atoms with Crippen molar-refractivity contribution in [3.05, 3.63) is 72.2 Å². The van der Waals surface area contributed by atoms with Gasteiger partial charge >= 0.3 is 0 Å². The van der Waals surface area contributed by atoms with Crippen LogP contribution in [0.4, 0.5) is 11.6 Å². The van der Waals surface area contributed by atoms with Crippen molar-refractivity contribution in [3.63, 3.8) is 0 Å². The van der Waals surface area contributed by atoms with Crippen LogP contribution in [0, 0.1) is 6.92 Å². The molecule has 168 valence electrons. The molecule has 0 unspecified atom stereocenters. The normalized spacial score (nSPS) is 16.0. The molecule has 0 saturated carbocycles. The Morgan fingerprint density at radius 3 is 2.67 bits per heavy atom. The van der Waals surface area contributed by atoms with Crippen LogP contribution in [0.25, 0.3) is 17.0 Å². The van der Waals surface area contributed by atoms with Gasteiger partial charge in [0.05, 0.1) is 17.1 Å². The van der Waals surface area contributed by atoms with Gasteiger partial charge in [-0.25, -0.2) is 15.0 Å². The Bertz CT molecular complexity index is 1300. The molecule has 0 spiro atoms. The van der Waals surface area contributed by atoms with Crippen molar-refractivity contribution in [1.29, 1.82) is 0 Å². The van der Waals surface area contributed by atoms with Crippen LogP contribution in [0.1, 0.15) is 22.5 Å². The molecule has 8 nitrogen and oxygen atoms in total. The second kappa shape index (κ2) is 8.63. The van der Waals surface area contributed by atoms with Crippen molar-refractivity contribution < 1.29 is 4.79 Å². The molecule has 1 atom stereocenters. The molecule has 0 aliphatic carbocycles. The summed E-state index contributed by atoms with van der Waals surface area (Å²) in [5.41, 5.74) is 5.04. The Kier molecular flexibility index (Phi) is 5.51. The van der Waals surface area contributed by atoms with Gasteiger partial charge in [-0.15, -0.1) is 0 Å². The molecule has 1 aliphatic heterocycles. The monoisotopic (exact) mass is 441 g/mol. The molecule has 4 heterocycles. The summed E-state index contributed by atoms with van der Waals surface area (Å²) in [4.78, 5) is 30.7. The van der Waals surface area contributed by atoms with Gasteiger partial charge in [-0.2, -0.15) is 0 Å². The van der Waals surface area contributed by atoms with Gasteiger partial charge in [0, 0.05) is 42.8 Å². The topological polar surface area (TPSA) is 78.7 Å². The number of fused-ring (bicyclic) bond motifs is 1. The van der Waals surface area contributed by atoms with Gasteiger partial charge in [-0.3, -0.25) is 9.20 Å². The van der Waals surface area contributed by atoms with E-state index in [2.05, 4.69) is 34.3 Å². The highest BCUT2D eigenvalue weighted by Crippen LogP contribution is 2.25. The molecular formula is C25H27N7O. The number of aromatic nitrogens is 4. The number of carbonyl (C=O) groups is 1. The first-order valence-corrected chi connectivity index (χ1v) is 11.1. The lowest BCUT2D eigenvalue weighted by molar-refractivity contribution is 0.0783. The van der Waals surface area contributed by atoms with Crippen LogP contribution in [0.3, 0.4) is 0 Å². The third-order valence-corrected chi connectivity index (χ3v) is 6.17. The summed E-state index contributed by atoms with van der Waals surface area (Å²) >= 11 is 0. The smallest absolute Gasteiger partial charge is 0.253 e. The van der Waals surface area contributed by atoms with E-state index in [9.17, 15) is 4.79 Å². The number of carbonyl (C=O) groups excluding carboxylic acids is 1. The third kappa shape index (κ3) is 4.17. The second-order valence-corrected chi connectivity index (χ2v) is 8.60. The number of nitrogens with zero attached hydrogens (tertiary/aromatic N) is 6. The zero-order valence-corrected chi connectivity index (χ0v) is 19.1. The molecule has 5 rings (SSSR count). The SMILES string of the molecule is Cc1nc2ccccn2c1-c1ccnc(Nc2ccc(C(=O)N3CC[C@H](N(C)C)C3)cc2)n1. The van der Waals surface area contributed by atoms with Gasteiger partial charge in [-0.1, -0.05) is 6.07 Å². The Labute approximate surface area is 192 Å². The number of likely N-dealkylation sites (N-methyl/N-ethyl adjacent to an activating group) is 1. The predicted octanol–water partition coefficient (Wildman–Crippen LogP) is 3.62. The highest BCUT2D eigenvalue weighted by molar-refractivity contribution is 5.94. The Balaban J connectivity index is 1.32. The summed E-state index contributed by atoms with van der Waals surface area (Å²) in [7, 11) is 4.12. The number of hydrogen-bond donors (Lipinski definition) is 1. The van der Waals surface area contributed by atoms with Gasteiger partial charge in [0.2, 0.25) is 5.95 Å². The number of likely N-dealkylation sites (tertiary alicyclic amines) is 1. The van der Waals surface area contributed by atoms with Gasteiger partial charge < -0.3 is 15.1 Å². The van der Waals surface area contributed by atoms with Crippen molar-refractivity contribution in [3.8, 4) is 11.4 Å². The lowest BCUT2D eigenvalue weighted by Gasteiger charge is -2.20. The molecule has 1 amide bonds. The molecule has 1 aromatic carbocycles. The number of aryl methyl sites for hydroxylation is 1. The first-order chi connectivity index (χ1) is 16.0.